The molecule has 0 saturated heterocycles. The van der Waals surface area contributed by atoms with Crippen LogP contribution in [0.5, 0.6) is 0 Å². The van der Waals surface area contributed by atoms with Crippen molar-refractivity contribution in [1.82, 2.24) is 0 Å². The van der Waals surface area contributed by atoms with Gasteiger partial charge in [0.05, 0.1) is 5.69 Å². The van der Waals surface area contributed by atoms with Gasteiger partial charge in [0.15, 0.2) is 0 Å². The van der Waals surface area contributed by atoms with Crippen LogP contribution in [0.3, 0.4) is 0 Å². The number of benzene rings is 11. The Labute approximate surface area is 332 Å². The molecule has 0 aliphatic heterocycles. The Bertz CT molecular complexity index is 3250. The predicted molar refractivity (Wildman–Crippen MR) is 245 cm³/mol. The molecule has 1 heteroatoms. The second-order valence-electron chi connectivity index (χ2n) is 14.9. The number of para-hydroxylation sites is 1. The third-order valence-electron chi connectivity index (χ3n) is 11.6. The summed E-state index contributed by atoms with van der Waals surface area (Å²) in [6, 6.07) is 82.0. The Morgan fingerprint density at radius 2 is 0.702 bits per heavy atom. The minimum Gasteiger partial charge on any atom is -0.310 e. The highest BCUT2D eigenvalue weighted by atomic mass is 15.1. The number of hydrogen-bond donors (Lipinski definition) is 0. The van der Waals surface area contributed by atoms with Crippen molar-refractivity contribution in [3.05, 3.63) is 224 Å². The quantitative estimate of drug-likeness (QED) is 0.154. The molecule has 11 aromatic carbocycles. The van der Waals surface area contributed by atoms with Gasteiger partial charge in [0.2, 0.25) is 0 Å². The van der Waals surface area contributed by atoms with Gasteiger partial charge in [-0.05, 0) is 124 Å². The Hall–Kier alpha value is -7.48. The highest BCUT2D eigenvalue weighted by Gasteiger charge is 2.19. The topological polar surface area (TPSA) is 3.24 Å². The molecule has 0 aromatic heterocycles. The standard InChI is InChI=1S/C56H37N/c1-2-14-38(15-3-1)47-20-12-13-25-55(47)57(44-31-26-40(27-32-44)53-36-42-17-5-7-19-46(42)50-23-10-11-24-51(50)53)45-33-28-41(29-34-45)54-37-43-18-6-9-22-49(43)56-48-21-8-4-16-39(48)30-35-52(54)56/h1-37H. The first kappa shape index (κ1) is 32.9. The smallest absolute Gasteiger partial charge is 0.0540 e. The van der Waals surface area contributed by atoms with Gasteiger partial charge in [0.1, 0.15) is 0 Å². The summed E-state index contributed by atoms with van der Waals surface area (Å²) in [4.78, 5) is 2.40. The van der Waals surface area contributed by atoms with Crippen LogP contribution >= 0.6 is 0 Å². The Balaban J connectivity index is 1.07. The molecule has 0 amide bonds. The van der Waals surface area contributed by atoms with Crippen LogP contribution in [0.1, 0.15) is 0 Å². The zero-order valence-electron chi connectivity index (χ0n) is 31.3. The van der Waals surface area contributed by atoms with Gasteiger partial charge in [-0.15, -0.1) is 0 Å². The molecule has 1 nitrogen and oxygen atoms in total. The zero-order valence-corrected chi connectivity index (χ0v) is 31.3. The molecule has 266 valence electrons. The Morgan fingerprint density at radius 3 is 1.37 bits per heavy atom. The predicted octanol–water partition coefficient (Wildman–Crippen LogP) is 15.9. The normalized spacial score (nSPS) is 11.5. The molecule has 0 atom stereocenters. The summed E-state index contributed by atoms with van der Waals surface area (Å²) in [7, 11) is 0. The molecular weight excluding hydrogens is 687 g/mol. The van der Waals surface area contributed by atoms with Gasteiger partial charge < -0.3 is 4.90 Å². The van der Waals surface area contributed by atoms with Crippen LogP contribution < -0.4 is 4.90 Å². The number of hydrogen-bond acceptors (Lipinski definition) is 1. The van der Waals surface area contributed by atoms with Gasteiger partial charge in [-0.3, -0.25) is 0 Å². The molecule has 11 rings (SSSR count). The molecule has 0 radical (unpaired) electrons. The minimum atomic E-state index is 1.10. The second-order valence-corrected chi connectivity index (χ2v) is 14.9. The monoisotopic (exact) mass is 723 g/mol. The first-order valence-corrected chi connectivity index (χ1v) is 19.7. The molecule has 0 N–H and O–H groups in total. The number of fused-ring (bicyclic) bond motifs is 8. The molecule has 57 heavy (non-hydrogen) atoms. The van der Waals surface area contributed by atoms with Crippen LogP contribution in [0.2, 0.25) is 0 Å². The van der Waals surface area contributed by atoms with Crippen LogP contribution in [0, 0.1) is 0 Å². The lowest BCUT2D eigenvalue weighted by atomic mass is 9.90. The highest BCUT2D eigenvalue weighted by Crippen LogP contribution is 2.44. The summed E-state index contributed by atoms with van der Waals surface area (Å²) in [5.74, 6) is 0. The highest BCUT2D eigenvalue weighted by molar-refractivity contribution is 6.24. The lowest BCUT2D eigenvalue weighted by Gasteiger charge is -2.28. The van der Waals surface area contributed by atoms with Crippen LogP contribution in [0.15, 0.2) is 224 Å². The number of rotatable bonds is 6. The van der Waals surface area contributed by atoms with Crippen molar-refractivity contribution in [2.24, 2.45) is 0 Å². The van der Waals surface area contributed by atoms with Gasteiger partial charge >= 0.3 is 0 Å². The van der Waals surface area contributed by atoms with E-state index >= 15 is 0 Å². The summed E-state index contributed by atoms with van der Waals surface area (Å²) in [5.41, 5.74) is 10.6. The van der Waals surface area contributed by atoms with Crippen molar-refractivity contribution >= 4 is 70.9 Å². The molecule has 0 bridgehead atoms. The van der Waals surface area contributed by atoms with Crippen molar-refractivity contribution < 1.29 is 0 Å². The molecule has 11 aromatic rings. The first-order chi connectivity index (χ1) is 28.3. The fourth-order valence-corrected chi connectivity index (χ4v) is 8.94. The zero-order chi connectivity index (χ0) is 37.7. The fourth-order valence-electron chi connectivity index (χ4n) is 8.94. The van der Waals surface area contributed by atoms with Crippen molar-refractivity contribution in [2.75, 3.05) is 4.90 Å². The lowest BCUT2D eigenvalue weighted by Crippen LogP contribution is -2.11. The molecule has 0 aliphatic carbocycles. The van der Waals surface area contributed by atoms with Gasteiger partial charge in [0.25, 0.3) is 0 Å². The summed E-state index contributed by atoms with van der Waals surface area (Å²) < 4.78 is 0. The number of anilines is 3. The Morgan fingerprint density at radius 1 is 0.246 bits per heavy atom. The molecule has 0 saturated carbocycles. The summed E-state index contributed by atoms with van der Waals surface area (Å²) in [6.45, 7) is 0. The molecule has 0 aliphatic rings. The van der Waals surface area contributed by atoms with Crippen LogP contribution in [0.4, 0.5) is 17.1 Å². The fraction of sp³-hybridized carbons (Fsp3) is 0. The van der Waals surface area contributed by atoms with Crippen molar-refractivity contribution in [2.45, 2.75) is 0 Å². The van der Waals surface area contributed by atoms with Crippen molar-refractivity contribution in [3.8, 4) is 33.4 Å². The first-order valence-electron chi connectivity index (χ1n) is 19.7. The maximum absolute atomic E-state index is 2.40. The third-order valence-corrected chi connectivity index (χ3v) is 11.6. The average Bonchev–Trinajstić information content (AvgIpc) is 3.29. The van der Waals surface area contributed by atoms with Crippen molar-refractivity contribution in [1.29, 1.82) is 0 Å². The maximum Gasteiger partial charge on any atom is 0.0540 e. The van der Waals surface area contributed by atoms with Crippen LogP contribution in [0.25, 0.3) is 87.2 Å². The van der Waals surface area contributed by atoms with Gasteiger partial charge in [-0.2, -0.15) is 0 Å². The maximum atomic E-state index is 2.40. The molecule has 0 fully saturated rings. The largest absolute Gasteiger partial charge is 0.310 e. The third kappa shape index (κ3) is 5.63. The van der Waals surface area contributed by atoms with E-state index in [9.17, 15) is 0 Å². The van der Waals surface area contributed by atoms with E-state index in [2.05, 4.69) is 229 Å². The van der Waals surface area contributed by atoms with E-state index in [1.807, 2.05) is 0 Å². The van der Waals surface area contributed by atoms with E-state index in [-0.39, 0.29) is 0 Å². The summed E-state index contributed by atoms with van der Waals surface area (Å²) in [5, 5.41) is 12.7. The van der Waals surface area contributed by atoms with Crippen LogP contribution in [-0.4, -0.2) is 0 Å². The van der Waals surface area contributed by atoms with E-state index in [0.717, 1.165) is 17.1 Å². The molecule has 0 heterocycles. The second kappa shape index (κ2) is 13.7. The average molecular weight is 724 g/mol. The van der Waals surface area contributed by atoms with E-state index in [1.54, 1.807) is 0 Å². The van der Waals surface area contributed by atoms with Crippen molar-refractivity contribution in [3.63, 3.8) is 0 Å². The molecule has 0 spiro atoms. The van der Waals surface area contributed by atoms with E-state index in [0.29, 0.717) is 0 Å². The number of nitrogens with zero attached hydrogens (tertiary/aromatic N) is 1. The summed E-state index contributed by atoms with van der Waals surface area (Å²) in [6.07, 6.45) is 0. The SMILES string of the molecule is c1ccc(-c2ccccc2N(c2ccc(-c3cc4ccccc4c4ccccc34)cc2)c2ccc(-c3cc4ccccc4c4c3ccc3ccccc34)cc2)cc1. The summed E-state index contributed by atoms with van der Waals surface area (Å²) >= 11 is 0. The lowest BCUT2D eigenvalue weighted by molar-refractivity contribution is 1.28. The molecular formula is C56H37N. The van der Waals surface area contributed by atoms with Crippen LogP contribution in [-0.2, 0) is 0 Å². The van der Waals surface area contributed by atoms with E-state index in [4.69, 9.17) is 0 Å². The Kier molecular flexibility index (Phi) is 7.89. The van der Waals surface area contributed by atoms with Gasteiger partial charge in [-0.25, -0.2) is 0 Å². The van der Waals surface area contributed by atoms with E-state index < -0.39 is 0 Å². The van der Waals surface area contributed by atoms with E-state index in [1.165, 1.54) is 87.2 Å². The minimum absolute atomic E-state index is 1.10. The molecule has 0 unspecified atom stereocenters. The van der Waals surface area contributed by atoms with Gasteiger partial charge in [0, 0.05) is 16.9 Å². The van der Waals surface area contributed by atoms with Gasteiger partial charge in [-0.1, -0.05) is 182 Å².